The average Bonchev–Trinajstić information content (AvgIpc) is 2.15. The zero-order chi connectivity index (χ0) is 9.42. The van der Waals surface area contributed by atoms with Gasteiger partial charge in [0.15, 0.2) is 0 Å². The number of nitrogens with zero attached hydrogens (tertiary/aromatic N) is 1. The van der Waals surface area contributed by atoms with Gasteiger partial charge in [0.25, 0.3) is 0 Å². The van der Waals surface area contributed by atoms with Gasteiger partial charge in [-0.05, 0) is 0 Å². The first kappa shape index (κ1) is 8.32. The Morgan fingerprint density at radius 1 is 1.38 bits per heavy atom. The Balaban J connectivity index is 2.29. The van der Waals surface area contributed by atoms with Gasteiger partial charge in [-0.2, -0.15) is 0 Å². The van der Waals surface area contributed by atoms with Crippen molar-refractivity contribution >= 4 is 29.6 Å². The van der Waals surface area contributed by atoms with Crippen LogP contribution >= 0.6 is 11.8 Å². The van der Waals surface area contributed by atoms with Gasteiger partial charge < -0.3 is 4.90 Å². The fourth-order valence-electron chi connectivity index (χ4n) is 1.33. The molecule has 2 saturated heterocycles. The zero-order valence-electron chi connectivity index (χ0n) is 6.57. The number of thioether (sulfide) groups is 1. The van der Waals surface area contributed by atoms with Crippen molar-refractivity contribution in [3.8, 4) is 0 Å². The molecule has 0 saturated carbocycles. The van der Waals surface area contributed by atoms with E-state index in [9.17, 15) is 14.4 Å². The Hall–Kier alpha value is -1.28. The summed E-state index contributed by atoms with van der Waals surface area (Å²) in [7, 11) is 0. The van der Waals surface area contributed by atoms with Crippen LogP contribution in [0.15, 0.2) is 10.5 Å². The van der Waals surface area contributed by atoms with Crippen molar-refractivity contribution in [2.45, 2.75) is 11.8 Å². The molecule has 13 heavy (non-hydrogen) atoms. The molecule has 2 rings (SSSR count). The highest BCUT2D eigenvalue weighted by Gasteiger charge is 2.42. The van der Waals surface area contributed by atoms with Crippen LogP contribution in [-0.4, -0.2) is 34.6 Å². The van der Waals surface area contributed by atoms with E-state index in [0.29, 0.717) is 11.3 Å². The van der Waals surface area contributed by atoms with Crippen molar-refractivity contribution in [1.82, 2.24) is 4.90 Å². The van der Waals surface area contributed by atoms with E-state index in [1.807, 2.05) is 0 Å². The highest BCUT2D eigenvalue weighted by molar-refractivity contribution is 8.04. The van der Waals surface area contributed by atoms with Crippen molar-refractivity contribution in [2.75, 3.05) is 6.54 Å². The second kappa shape index (κ2) is 2.89. The molecule has 0 aromatic carbocycles. The third kappa shape index (κ3) is 1.14. The third-order valence-electron chi connectivity index (χ3n) is 2.09. The molecule has 1 atom stereocenters. The van der Waals surface area contributed by atoms with Crippen LogP contribution < -0.4 is 0 Å². The molecule has 0 N–H and O–H groups in total. The molecule has 66 valence electrons. The lowest BCUT2D eigenvalue weighted by molar-refractivity contribution is -0.140. The Kier molecular flexibility index (Phi) is 1.85. The van der Waals surface area contributed by atoms with E-state index in [4.69, 9.17) is 0 Å². The van der Waals surface area contributed by atoms with Crippen LogP contribution in [0.25, 0.3) is 0 Å². The lowest BCUT2D eigenvalue weighted by Crippen LogP contribution is -2.53. The van der Waals surface area contributed by atoms with Crippen LogP contribution in [0.1, 0.15) is 6.42 Å². The number of rotatable bonds is 0. The normalized spacial score (nSPS) is 26.0. The van der Waals surface area contributed by atoms with Crippen LogP contribution in [0.4, 0.5) is 0 Å². The molecule has 1 amide bonds. The van der Waals surface area contributed by atoms with E-state index in [2.05, 4.69) is 0 Å². The van der Waals surface area contributed by atoms with Gasteiger partial charge >= 0.3 is 0 Å². The Labute approximate surface area is 78.3 Å². The first-order valence-corrected chi connectivity index (χ1v) is 4.60. The molecule has 0 aromatic rings. The summed E-state index contributed by atoms with van der Waals surface area (Å²) in [6.07, 6.45) is 0.446. The minimum Gasteiger partial charge on any atom is -0.325 e. The molecule has 2 fully saturated rings. The van der Waals surface area contributed by atoms with Gasteiger partial charge in [0.2, 0.25) is 5.91 Å². The molecular formula is C8H5NO3S. The van der Waals surface area contributed by atoms with Gasteiger partial charge in [0.05, 0.1) is 23.9 Å². The molecule has 2 aliphatic rings. The fraction of sp³-hybridized carbons (Fsp3) is 0.375. The number of hydrogen-bond donors (Lipinski definition) is 0. The van der Waals surface area contributed by atoms with Gasteiger partial charge in [0, 0.05) is 0 Å². The largest absolute Gasteiger partial charge is 0.325 e. The molecule has 0 bridgehead atoms. The van der Waals surface area contributed by atoms with Crippen molar-refractivity contribution in [2.24, 2.45) is 0 Å². The number of β-lactam (4-membered cyclic amide) rings is 1. The highest BCUT2D eigenvalue weighted by Crippen LogP contribution is 2.40. The monoisotopic (exact) mass is 195 g/mol. The maximum atomic E-state index is 11.0. The summed E-state index contributed by atoms with van der Waals surface area (Å²) >= 11 is 1.22. The summed E-state index contributed by atoms with van der Waals surface area (Å²) < 4.78 is 0. The molecule has 2 heterocycles. The van der Waals surface area contributed by atoms with Crippen molar-refractivity contribution in [1.29, 1.82) is 0 Å². The molecule has 0 aliphatic carbocycles. The molecule has 2 aliphatic heterocycles. The van der Waals surface area contributed by atoms with Gasteiger partial charge in [-0.15, -0.1) is 0 Å². The molecule has 0 radical (unpaired) electrons. The SMILES string of the molecule is O=C=C1CN2C(=O)C[C@@H]2SC1=C=O. The Morgan fingerprint density at radius 2 is 2.15 bits per heavy atom. The molecule has 5 heteroatoms. The zero-order valence-corrected chi connectivity index (χ0v) is 7.39. The highest BCUT2D eigenvalue weighted by atomic mass is 32.2. The predicted octanol–water partition coefficient (Wildman–Crippen LogP) is -0.235. The fourth-order valence-corrected chi connectivity index (χ4v) is 2.45. The number of carbonyl (C=O) groups is 1. The van der Waals surface area contributed by atoms with Crippen LogP contribution in [0.2, 0.25) is 0 Å². The number of carbonyl (C=O) groups excluding carboxylic acids is 3. The molecule has 0 unspecified atom stereocenters. The van der Waals surface area contributed by atoms with E-state index in [1.54, 1.807) is 16.8 Å². The summed E-state index contributed by atoms with van der Waals surface area (Å²) in [4.78, 5) is 33.6. The Bertz CT molecular complexity index is 377. The third-order valence-corrected chi connectivity index (χ3v) is 3.35. The van der Waals surface area contributed by atoms with Crippen LogP contribution in [-0.2, 0) is 14.4 Å². The predicted molar refractivity (Wildman–Crippen MR) is 46.1 cm³/mol. The quantitative estimate of drug-likeness (QED) is 0.395. The molecular weight excluding hydrogens is 190 g/mol. The molecule has 4 nitrogen and oxygen atoms in total. The lowest BCUT2D eigenvalue weighted by atomic mass is 10.1. The molecule has 0 aromatic heterocycles. The Morgan fingerprint density at radius 3 is 2.69 bits per heavy atom. The maximum absolute atomic E-state index is 11.0. The van der Waals surface area contributed by atoms with Crippen molar-refractivity contribution < 1.29 is 14.4 Å². The van der Waals surface area contributed by atoms with Crippen molar-refractivity contribution in [3.05, 3.63) is 10.5 Å². The van der Waals surface area contributed by atoms with Crippen molar-refractivity contribution in [3.63, 3.8) is 0 Å². The number of fused-ring (bicyclic) bond motifs is 1. The summed E-state index contributed by atoms with van der Waals surface area (Å²) in [5, 5.41) is 0.0287. The molecule has 0 spiro atoms. The standard InChI is InChI=1S/C8H5NO3S/c10-3-5-2-9-7(12)1-8(9)13-6(5)4-11/h8H,1-2H2/t8-/m0/s1. The second-order valence-corrected chi connectivity index (χ2v) is 4.00. The topological polar surface area (TPSA) is 54.5 Å². The van der Waals surface area contributed by atoms with Gasteiger partial charge in [-0.3, -0.25) is 4.79 Å². The van der Waals surface area contributed by atoms with Gasteiger partial charge in [0.1, 0.15) is 16.8 Å². The summed E-state index contributed by atoms with van der Waals surface area (Å²) in [6, 6.07) is 0. The first-order valence-electron chi connectivity index (χ1n) is 3.72. The van der Waals surface area contributed by atoms with E-state index in [0.717, 1.165) is 0 Å². The number of amides is 1. The average molecular weight is 195 g/mol. The van der Waals surface area contributed by atoms with E-state index in [1.165, 1.54) is 11.8 Å². The van der Waals surface area contributed by atoms with E-state index < -0.39 is 0 Å². The van der Waals surface area contributed by atoms with Crippen LogP contribution in [0.3, 0.4) is 0 Å². The van der Waals surface area contributed by atoms with Gasteiger partial charge in [-0.1, -0.05) is 11.8 Å². The smallest absolute Gasteiger partial charge is 0.226 e. The minimum absolute atomic E-state index is 0.0233. The van der Waals surface area contributed by atoms with Gasteiger partial charge in [-0.25, -0.2) is 9.59 Å². The maximum Gasteiger partial charge on any atom is 0.226 e. The van der Waals surface area contributed by atoms with E-state index in [-0.39, 0.29) is 23.4 Å². The summed E-state index contributed by atoms with van der Waals surface area (Å²) in [5.41, 5.74) is 0.240. The second-order valence-electron chi connectivity index (χ2n) is 2.81. The van der Waals surface area contributed by atoms with Crippen LogP contribution in [0, 0.1) is 0 Å². The summed E-state index contributed by atoms with van der Waals surface area (Å²) in [5.74, 6) is 3.38. The number of hydrogen-bond acceptors (Lipinski definition) is 4. The summed E-state index contributed by atoms with van der Waals surface area (Å²) in [6.45, 7) is 0.213. The minimum atomic E-state index is 0.0233. The van der Waals surface area contributed by atoms with E-state index >= 15 is 0 Å². The first-order chi connectivity index (χ1) is 6.26. The lowest BCUT2D eigenvalue weighted by Gasteiger charge is -2.43. The van der Waals surface area contributed by atoms with Crippen LogP contribution in [0.5, 0.6) is 0 Å².